The lowest BCUT2D eigenvalue weighted by Gasteiger charge is -2.30. The van der Waals surface area contributed by atoms with Gasteiger partial charge < -0.3 is 4.74 Å². The second kappa shape index (κ2) is 10.5. The summed E-state index contributed by atoms with van der Waals surface area (Å²) in [5.41, 5.74) is 1.93. The Morgan fingerprint density at radius 3 is 2.63 bits per heavy atom. The van der Waals surface area contributed by atoms with E-state index in [4.69, 9.17) is 4.74 Å². The van der Waals surface area contributed by atoms with E-state index in [0.717, 1.165) is 23.4 Å². The Morgan fingerprint density at radius 1 is 1.14 bits per heavy atom. The van der Waals surface area contributed by atoms with E-state index in [1.165, 1.54) is 49.1 Å². The first-order chi connectivity index (χ1) is 17.0. The third kappa shape index (κ3) is 5.15. The maximum Gasteiger partial charge on any atom is 0.192 e. The van der Waals surface area contributed by atoms with Crippen LogP contribution in [0.5, 0.6) is 5.75 Å². The number of ether oxygens (including phenoxy) is 1. The first kappa shape index (κ1) is 24.0. The summed E-state index contributed by atoms with van der Waals surface area (Å²) in [5, 5.41) is 9.60. The van der Waals surface area contributed by atoms with Crippen molar-refractivity contribution in [1.82, 2.24) is 14.8 Å². The number of rotatable bonds is 10. The van der Waals surface area contributed by atoms with Crippen LogP contribution >= 0.6 is 11.8 Å². The van der Waals surface area contributed by atoms with E-state index < -0.39 is 5.82 Å². The minimum absolute atomic E-state index is 0.0731. The number of fused-ring (bicyclic) bond motifs is 2. The van der Waals surface area contributed by atoms with Crippen LogP contribution in [0.15, 0.2) is 53.7 Å². The Bertz CT molecular complexity index is 1180. The zero-order valence-corrected chi connectivity index (χ0v) is 21.1. The minimum atomic E-state index is -0.394. The van der Waals surface area contributed by atoms with Crippen molar-refractivity contribution in [1.29, 1.82) is 0 Å². The molecule has 0 spiro atoms. The SMILES string of the molecule is CCc1ccc(C(=O)CSc2nnc(COc3ccccc3F)n2C(C)C2CC3CCC2C3)cc1. The van der Waals surface area contributed by atoms with Crippen molar-refractivity contribution in [3.8, 4) is 5.75 Å². The first-order valence-corrected chi connectivity index (χ1v) is 13.6. The number of benzene rings is 2. The number of carbonyl (C=O) groups excluding carboxylic acids is 1. The van der Waals surface area contributed by atoms with Gasteiger partial charge in [0.1, 0.15) is 6.61 Å². The molecule has 4 atom stereocenters. The zero-order chi connectivity index (χ0) is 24.4. The van der Waals surface area contributed by atoms with Gasteiger partial charge in [0.05, 0.1) is 5.75 Å². The van der Waals surface area contributed by atoms with Gasteiger partial charge in [-0.05, 0) is 68.1 Å². The lowest BCUT2D eigenvalue weighted by Crippen LogP contribution is -2.24. The number of thioether (sulfide) groups is 1. The molecule has 2 bridgehead atoms. The van der Waals surface area contributed by atoms with Gasteiger partial charge in [0.15, 0.2) is 28.3 Å². The molecule has 0 radical (unpaired) electrons. The van der Waals surface area contributed by atoms with Crippen LogP contribution < -0.4 is 4.74 Å². The molecule has 0 aliphatic heterocycles. The lowest BCUT2D eigenvalue weighted by atomic mass is 9.84. The molecule has 4 unspecified atom stereocenters. The normalized spacial score (nSPS) is 21.9. The Balaban J connectivity index is 1.35. The van der Waals surface area contributed by atoms with Gasteiger partial charge in [0.25, 0.3) is 0 Å². The van der Waals surface area contributed by atoms with E-state index in [0.29, 0.717) is 23.1 Å². The van der Waals surface area contributed by atoms with Crippen LogP contribution in [0.1, 0.15) is 67.3 Å². The van der Waals surface area contributed by atoms with Crippen molar-refractivity contribution in [2.24, 2.45) is 17.8 Å². The number of para-hydroxylation sites is 1. The van der Waals surface area contributed by atoms with Crippen LogP contribution in [0.3, 0.4) is 0 Å². The van der Waals surface area contributed by atoms with Crippen LogP contribution in [0, 0.1) is 23.6 Å². The molecule has 1 aromatic heterocycles. The molecule has 2 fully saturated rings. The average Bonchev–Trinajstić information content (AvgIpc) is 3.62. The third-order valence-electron chi connectivity index (χ3n) is 7.76. The summed E-state index contributed by atoms with van der Waals surface area (Å²) < 4.78 is 22.1. The van der Waals surface area contributed by atoms with Crippen LogP contribution in [-0.2, 0) is 13.0 Å². The summed E-state index contributed by atoms with van der Waals surface area (Å²) in [4.78, 5) is 12.9. The standard InChI is InChI=1S/C28H32FN3O2S/c1-3-19-8-11-21(12-9-19)25(33)17-35-28-31-30-27(16-34-26-7-5-4-6-24(26)29)32(28)18(2)23-15-20-10-13-22(23)14-20/h4-9,11-12,18,20,22-23H,3,10,13-17H2,1-2H3. The zero-order valence-electron chi connectivity index (χ0n) is 20.3. The predicted octanol–water partition coefficient (Wildman–Crippen LogP) is 6.53. The molecule has 184 valence electrons. The fourth-order valence-corrected chi connectivity index (χ4v) is 6.77. The molecule has 2 aliphatic rings. The fraction of sp³-hybridized carbons (Fsp3) is 0.464. The summed E-state index contributed by atoms with van der Waals surface area (Å²) >= 11 is 1.42. The monoisotopic (exact) mass is 493 g/mol. The molecule has 0 N–H and O–H groups in total. The number of aryl methyl sites for hydroxylation is 1. The van der Waals surface area contributed by atoms with E-state index in [1.54, 1.807) is 18.2 Å². The summed E-state index contributed by atoms with van der Waals surface area (Å²) in [7, 11) is 0. The average molecular weight is 494 g/mol. The lowest BCUT2D eigenvalue weighted by molar-refractivity contribution is 0.102. The van der Waals surface area contributed by atoms with Crippen molar-refractivity contribution < 1.29 is 13.9 Å². The van der Waals surface area contributed by atoms with Crippen molar-refractivity contribution in [2.75, 3.05) is 5.75 Å². The van der Waals surface area contributed by atoms with Gasteiger partial charge in [-0.2, -0.15) is 0 Å². The second-order valence-corrected chi connectivity index (χ2v) is 10.8. The van der Waals surface area contributed by atoms with Crippen LogP contribution in [-0.4, -0.2) is 26.3 Å². The number of aromatic nitrogens is 3. The molecule has 35 heavy (non-hydrogen) atoms. The number of hydrogen-bond donors (Lipinski definition) is 0. The van der Waals surface area contributed by atoms with Gasteiger partial charge in [-0.3, -0.25) is 9.36 Å². The van der Waals surface area contributed by atoms with E-state index in [2.05, 4.69) is 28.6 Å². The van der Waals surface area contributed by atoms with E-state index in [9.17, 15) is 9.18 Å². The maximum atomic E-state index is 14.1. The van der Waals surface area contributed by atoms with Gasteiger partial charge in [0, 0.05) is 11.6 Å². The van der Waals surface area contributed by atoms with Gasteiger partial charge in [-0.25, -0.2) is 4.39 Å². The quantitative estimate of drug-likeness (QED) is 0.237. The largest absolute Gasteiger partial charge is 0.483 e. The van der Waals surface area contributed by atoms with Gasteiger partial charge in [-0.1, -0.05) is 61.5 Å². The van der Waals surface area contributed by atoms with E-state index >= 15 is 0 Å². The van der Waals surface area contributed by atoms with Crippen molar-refractivity contribution >= 4 is 17.5 Å². The number of hydrogen-bond acceptors (Lipinski definition) is 5. The number of halogens is 1. The molecule has 2 aromatic carbocycles. The topological polar surface area (TPSA) is 57.0 Å². The highest BCUT2D eigenvalue weighted by Gasteiger charge is 2.43. The number of nitrogens with zero attached hydrogens (tertiary/aromatic N) is 3. The summed E-state index contributed by atoms with van der Waals surface area (Å²) in [6.07, 6.45) is 6.12. The van der Waals surface area contributed by atoms with Crippen molar-refractivity contribution in [2.45, 2.75) is 63.8 Å². The van der Waals surface area contributed by atoms with Gasteiger partial charge in [-0.15, -0.1) is 10.2 Å². The first-order valence-electron chi connectivity index (χ1n) is 12.6. The molecule has 0 amide bonds. The summed E-state index contributed by atoms with van der Waals surface area (Å²) in [5.74, 6) is 2.97. The highest BCUT2D eigenvalue weighted by molar-refractivity contribution is 7.99. The van der Waals surface area contributed by atoms with Crippen molar-refractivity contribution in [3.05, 3.63) is 71.3 Å². The number of carbonyl (C=O) groups is 1. The third-order valence-corrected chi connectivity index (χ3v) is 8.71. The van der Waals surface area contributed by atoms with Crippen LogP contribution in [0.2, 0.25) is 0 Å². The number of Topliss-reactive ketones (excluding diaryl/α,β-unsaturated/α-hetero) is 1. The second-order valence-electron chi connectivity index (χ2n) is 9.83. The van der Waals surface area contributed by atoms with Crippen LogP contribution in [0.25, 0.3) is 0 Å². The Kier molecular flexibility index (Phi) is 7.23. The smallest absolute Gasteiger partial charge is 0.192 e. The van der Waals surface area contributed by atoms with E-state index in [1.807, 2.05) is 24.3 Å². The molecule has 3 aromatic rings. The van der Waals surface area contributed by atoms with Crippen molar-refractivity contribution in [3.63, 3.8) is 0 Å². The molecule has 1 heterocycles. The minimum Gasteiger partial charge on any atom is -0.483 e. The highest BCUT2D eigenvalue weighted by atomic mass is 32.2. The molecule has 5 rings (SSSR count). The molecule has 2 aliphatic carbocycles. The molecular weight excluding hydrogens is 461 g/mol. The number of ketones is 1. The van der Waals surface area contributed by atoms with Gasteiger partial charge in [0.2, 0.25) is 0 Å². The Hall–Kier alpha value is -2.67. The molecule has 0 saturated heterocycles. The molecule has 5 nitrogen and oxygen atoms in total. The van der Waals surface area contributed by atoms with E-state index in [-0.39, 0.29) is 24.2 Å². The molecule has 7 heteroatoms. The van der Waals surface area contributed by atoms with Gasteiger partial charge >= 0.3 is 0 Å². The summed E-state index contributed by atoms with van der Waals surface area (Å²) in [6, 6.07) is 14.4. The Labute approximate surface area is 210 Å². The molecule has 2 saturated carbocycles. The Morgan fingerprint density at radius 2 is 1.94 bits per heavy atom. The fourth-order valence-electron chi connectivity index (χ4n) is 5.83. The predicted molar refractivity (Wildman–Crippen MR) is 135 cm³/mol. The van der Waals surface area contributed by atoms with Crippen LogP contribution in [0.4, 0.5) is 4.39 Å². The maximum absolute atomic E-state index is 14.1. The summed E-state index contributed by atoms with van der Waals surface area (Å²) in [6.45, 7) is 4.47. The highest BCUT2D eigenvalue weighted by Crippen LogP contribution is 2.52. The molecular formula is C28H32FN3O2S.